The maximum atomic E-state index is 14.0. The smallest absolute Gasteiger partial charge is 0.405 e. The van der Waals surface area contributed by atoms with Crippen LogP contribution >= 0.6 is 0 Å². The Kier molecular flexibility index (Phi) is 4.42. The average molecular weight is 273 g/mol. The second kappa shape index (κ2) is 5.64. The molecule has 19 heavy (non-hydrogen) atoms. The van der Waals surface area contributed by atoms with Crippen molar-refractivity contribution >= 4 is 12.1 Å². The molecule has 1 rings (SSSR count). The SMILES string of the molecule is CCc1cccc(C(F)(F)[C@H](NC(=O)O)C(=O)O)c1. The summed E-state index contributed by atoms with van der Waals surface area (Å²) in [6, 6.07) is 2.71. The van der Waals surface area contributed by atoms with Crippen molar-refractivity contribution in [2.45, 2.75) is 25.3 Å². The van der Waals surface area contributed by atoms with Gasteiger partial charge in [0.25, 0.3) is 0 Å². The Hall–Kier alpha value is -2.18. The van der Waals surface area contributed by atoms with E-state index in [4.69, 9.17) is 10.2 Å². The van der Waals surface area contributed by atoms with Gasteiger partial charge >= 0.3 is 18.0 Å². The molecule has 0 aliphatic carbocycles. The summed E-state index contributed by atoms with van der Waals surface area (Å²) in [6.07, 6.45) is -1.31. The fraction of sp³-hybridized carbons (Fsp3) is 0.333. The van der Waals surface area contributed by atoms with E-state index in [2.05, 4.69) is 0 Å². The molecule has 1 aromatic rings. The number of rotatable bonds is 5. The summed E-state index contributed by atoms with van der Waals surface area (Å²) in [5.41, 5.74) is 0.0737. The van der Waals surface area contributed by atoms with Crippen molar-refractivity contribution in [3.8, 4) is 0 Å². The van der Waals surface area contributed by atoms with Crippen LogP contribution in [0.5, 0.6) is 0 Å². The van der Waals surface area contributed by atoms with Crippen LogP contribution in [-0.4, -0.2) is 28.3 Å². The van der Waals surface area contributed by atoms with Gasteiger partial charge in [-0.15, -0.1) is 0 Å². The predicted octanol–water partition coefficient (Wildman–Crippen LogP) is 2.06. The van der Waals surface area contributed by atoms with Crippen molar-refractivity contribution in [2.24, 2.45) is 0 Å². The Labute approximate surface area is 107 Å². The van der Waals surface area contributed by atoms with E-state index in [1.165, 1.54) is 17.4 Å². The number of benzene rings is 1. The van der Waals surface area contributed by atoms with Crippen LogP contribution < -0.4 is 5.32 Å². The average Bonchev–Trinajstić information content (AvgIpc) is 2.35. The maximum absolute atomic E-state index is 14.0. The lowest BCUT2D eigenvalue weighted by atomic mass is 9.98. The fourth-order valence-corrected chi connectivity index (χ4v) is 1.60. The number of hydrogen-bond acceptors (Lipinski definition) is 2. The number of carboxylic acid groups (broad SMARTS) is 2. The zero-order valence-electron chi connectivity index (χ0n) is 10.1. The van der Waals surface area contributed by atoms with Gasteiger partial charge in [0, 0.05) is 5.56 Å². The van der Waals surface area contributed by atoms with Crippen molar-refractivity contribution in [3.63, 3.8) is 0 Å². The first-order valence-corrected chi connectivity index (χ1v) is 5.48. The van der Waals surface area contributed by atoms with Crippen LogP contribution in [0.4, 0.5) is 13.6 Å². The van der Waals surface area contributed by atoms with Crippen LogP contribution in [0.3, 0.4) is 0 Å². The van der Waals surface area contributed by atoms with Gasteiger partial charge in [0.2, 0.25) is 0 Å². The van der Waals surface area contributed by atoms with E-state index >= 15 is 0 Å². The number of hydrogen-bond donors (Lipinski definition) is 3. The standard InChI is InChI=1S/C12H13F2NO4/c1-2-7-4-3-5-8(6-7)12(13,14)9(10(16)17)15-11(18)19/h3-6,9,15H,2H2,1H3,(H,16,17)(H,18,19)/t9-/m1/s1. The van der Waals surface area contributed by atoms with Gasteiger partial charge < -0.3 is 15.5 Å². The van der Waals surface area contributed by atoms with Gasteiger partial charge in [-0.2, -0.15) is 8.78 Å². The zero-order chi connectivity index (χ0) is 14.6. The van der Waals surface area contributed by atoms with E-state index in [1.54, 1.807) is 13.0 Å². The first kappa shape index (κ1) is 14.9. The Balaban J connectivity index is 3.17. The Morgan fingerprint density at radius 2 is 2.00 bits per heavy atom. The van der Waals surface area contributed by atoms with Gasteiger partial charge in [-0.25, -0.2) is 9.59 Å². The molecule has 0 heterocycles. The highest BCUT2D eigenvalue weighted by atomic mass is 19.3. The Bertz CT molecular complexity index is 490. The zero-order valence-corrected chi connectivity index (χ0v) is 10.1. The highest BCUT2D eigenvalue weighted by Gasteiger charge is 2.47. The summed E-state index contributed by atoms with van der Waals surface area (Å²) < 4.78 is 28.1. The largest absolute Gasteiger partial charge is 0.480 e. The third kappa shape index (κ3) is 3.40. The highest BCUT2D eigenvalue weighted by Crippen LogP contribution is 2.32. The normalized spacial score (nSPS) is 12.8. The minimum absolute atomic E-state index is 0.508. The predicted molar refractivity (Wildman–Crippen MR) is 62.3 cm³/mol. The molecular weight excluding hydrogens is 260 g/mol. The van der Waals surface area contributed by atoms with E-state index in [0.717, 1.165) is 6.07 Å². The molecule has 0 aliphatic rings. The molecule has 0 aromatic heterocycles. The number of carbonyl (C=O) groups is 2. The molecule has 3 N–H and O–H groups in total. The number of aliphatic carboxylic acids is 1. The lowest BCUT2D eigenvalue weighted by Gasteiger charge is -2.24. The van der Waals surface area contributed by atoms with E-state index in [1.807, 2.05) is 0 Å². The number of aryl methyl sites for hydroxylation is 1. The molecule has 0 unspecified atom stereocenters. The van der Waals surface area contributed by atoms with Crippen LogP contribution in [0.15, 0.2) is 24.3 Å². The number of carboxylic acids is 1. The van der Waals surface area contributed by atoms with Gasteiger partial charge in [-0.1, -0.05) is 25.1 Å². The third-order valence-corrected chi connectivity index (χ3v) is 2.60. The fourth-order valence-electron chi connectivity index (χ4n) is 1.60. The molecule has 0 saturated carbocycles. The molecule has 7 heteroatoms. The van der Waals surface area contributed by atoms with Crippen molar-refractivity contribution < 1.29 is 28.6 Å². The second-order valence-corrected chi connectivity index (χ2v) is 3.90. The summed E-state index contributed by atoms with van der Waals surface area (Å²) >= 11 is 0. The molecular formula is C12H13F2NO4. The van der Waals surface area contributed by atoms with Crippen molar-refractivity contribution in [2.75, 3.05) is 0 Å². The minimum Gasteiger partial charge on any atom is -0.480 e. The van der Waals surface area contributed by atoms with Crippen molar-refractivity contribution in [1.29, 1.82) is 0 Å². The number of nitrogens with one attached hydrogen (secondary N) is 1. The lowest BCUT2D eigenvalue weighted by molar-refractivity contribution is -0.151. The Morgan fingerprint density at radius 1 is 1.37 bits per heavy atom. The summed E-state index contributed by atoms with van der Waals surface area (Å²) in [7, 11) is 0. The second-order valence-electron chi connectivity index (χ2n) is 3.90. The molecule has 1 amide bonds. The number of halogens is 2. The van der Waals surface area contributed by atoms with Crippen molar-refractivity contribution in [3.05, 3.63) is 35.4 Å². The molecule has 0 aliphatic heterocycles. The van der Waals surface area contributed by atoms with Gasteiger partial charge in [0.15, 0.2) is 6.04 Å². The summed E-state index contributed by atoms with van der Waals surface area (Å²) in [5, 5.41) is 18.5. The number of alkyl halides is 2. The quantitative estimate of drug-likeness (QED) is 0.766. The molecule has 0 bridgehead atoms. The minimum atomic E-state index is -3.84. The molecule has 0 radical (unpaired) electrons. The monoisotopic (exact) mass is 273 g/mol. The first-order valence-electron chi connectivity index (χ1n) is 5.48. The van der Waals surface area contributed by atoms with Crippen LogP contribution in [-0.2, 0) is 17.1 Å². The van der Waals surface area contributed by atoms with Crippen LogP contribution in [0.25, 0.3) is 0 Å². The number of amides is 1. The van der Waals surface area contributed by atoms with Gasteiger partial charge in [0.05, 0.1) is 0 Å². The molecule has 1 atom stereocenters. The maximum Gasteiger partial charge on any atom is 0.405 e. The lowest BCUT2D eigenvalue weighted by Crippen LogP contribution is -2.50. The highest BCUT2D eigenvalue weighted by molar-refractivity contribution is 5.80. The van der Waals surface area contributed by atoms with Gasteiger partial charge in [0.1, 0.15) is 0 Å². The molecule has 0 saturated heterocycles. The summed E-state index contributed by atoms with van der Waals surface area (Å²) in [6.45, 7) is 1.77. The van der Waals surface area contributed by atoms with Gasteiger partial charge in [-0.3, -0.25) is 0 Å². The molecule has 1 aromatic carbocycles. The van der Waals surface area contributed by atoms with Crippen LogP contribution in [0.1, 0.15) is 18.1 Å². The van der Waals surface area contributed by atoms with Crippen LogP contribution in [0.2, 0.25) is 0 Å². The topological polar surface area (TPSA) is 86.6 Å². The van der Waals surface area contributed by atoms with E-state index < -0.39 is 29.6 Å². The molecule has 5 nitrogen and oxygen atoms in total. The molecule has 0 fully saturated rings. The van der Waals surface area contributed by atoms with Gasteiger partial charge in [-0.05, 0) is 18.1 Å². The van der Waals surface area contributed by atoms with Crippen molar-refractivity contribution in [1.82, 2.24) is 5.32 Å². The van der Waals surface area contributed by atoms with E-state index in [9.17, 15) is 18.4 Å². The molecule has 0 spiro atoms. The van der Waals surface area contributed by atoms with Crippen LogP contribution in [0, 0.1) is 0 Å². The Morgan fingerprint density at radius 3 is 2.47 bits per heavy atom. The molecule has 104 valence electrons. The summed E-state index contributed by atoms with van der Waals surface area (Å²) in [4.78, 5) is 21.2. The summed E-state index contributed by atoms with van der Waals surface area (Å²) in [5.74, 6) is -5.77. The first-order chi connectivity index (χ1) is 8.78. The van der Waals surface area contributed by atoms with E-state index in [0.29, 0.717) is 12.0 Å². The third-order valence-electron chi connectivity index (χ3n) is 2.60. The van der Waals surface area contributed by atoms with E-state index in [-0.39, 0.29) is 0 Å².